The molecule has 0 fully saturated rings. The van der Waals surface area contributed by atoms with Gasteiger partial charge < -0.3 is 9.64 Å². The van der Waals surface area contributed by atoms with Gasteiger partial charge in [0, 0.05) is 29.9 Å². The van der Waals surface area contributed by atoms with Gasteiger partial charge in [0.1, 0.15) is 12.4 Å². The van der Waals surface area contributed by atoms with Gasteiger partial charge in [0.2, 0.25) is 0 Å². The van der Waals surface area contributed by atoms with E-state index in [2.05, 4.69) is 36.6 Å². The summed E-state index contributed by atoms with van der Waals surface area (Å²) in [6.07, 6.45) is 7.09. The van der Waals surface area contributed by atoms with Crippen LogP contribution in [-0.2, 0) is 11.3 Å². The quantitative estimate of drug-likeness (QED) is 0.733. The van der Waals surface area contributed by atoms with Crippen molar-refractivity contribution in [3.8, 4) is 0 Å². The smallest absolute Gasteiger partial charge is 0.113 e. The summed E-state index contributed by atoms with van der Waals surface area (Å²) in [4.78, 5) is 2.16. The maximum absolute atomic E-state index is 5.94. The van der Waals surface area contributed by atoms with Crippen molar-refractivity contribution in [3.05, 3.63) is 95.2 Å². The lowest BCUT2D eigenvalue weighted by Gasteiger charge is -2.25. The van der Waals surface area contributed by atoms with E-state index in [4.69, 9.17) is 16.3 Å². The van der Waals surface area contributed by atoms with Crippen LogP contribution in [0.3, 0.4) is 0 Å². The first kappa shape index (κ1) is 15.7. The second-order valence-corrected chi connectivity index (χ2v) is 5.88. The standard InChI is InChI=1S/C20H19ClNO/c1-22(18-9-7-17(21)8-10-18)19-11-13-20(14-12-19)23-15-16-5-3-2-4-6-16/h2-11,13-14H,12,15H2,1H3. The van der Waals surface area contributed by atoms with E-state index >= 15 is 0 Å². The number of nitrogens with zero attached hydrogens (tertiary/aromatic N) is 1. The first-order valence-corrected chi connectivity index (χ1v) is 8.00. The number of ether oxygens (including phenoxy) is 1. The van der Waals surface area contributed by atoms with Gasteiger partial charge in [0.25, 0.3) is 0 Å². The molecule has 1 aliphatic rings. The van der Waals surface area contributed by atoms with Crippen LogP contribution in [0.25, 0.3) is 0 Å². The summed E-state index contributed by atoms with van der Waals surface area (Å²) in [5, 5.41) is 0.753. The minimum absolute atomic E-state index is 0.597. The zero-order chi connectivity index (χ0) is 16.1. The Kier molecular flexibility index (Phi) is 5.04. The van der Waals surface area contributed by atoms with Gasteiger partial charge in [0.15, 0.2) is 0 Å². The molecule has 3 heteroatoms. The van der Waals surface area contributed by atoms with E-state index in [-0.39, 0.29) is 0 Å². The Hall–Kier alpha value is -2.19. The lowest BCUT2D eigenvalue weighted by atomic mass is 10.1. The highest BCUT2D eigenvalue weighted by molar-refractivity contribution is 6.30. The van der Waals surface area contributed by atoms with E-state index in [1.165, 1.54) is 11.3 Å². The Morgan fingerprint density at radius 1 is 1.00 bits per heavy atom. The van der Waals surface area contributed by atoms with Crippen molar-refractivity contribution in [3.63, 3.8) is 0 Å². The molecule has 2 aromatic carbocycles. The van der Waals surface area contributed by atoms with Crippen LogP contribution in [0.5, 0.6) is 0 Å². The molecule has 0 N–H and O–H groups in total. The van der Waals surface area contributed by atoms with Crippen LogP contribution in [0.15, 0.2) is 78.2 Å². The second kappa shape index (κ2) is 7.38. The first-order valence-electron chi connectivity index (χ1n) is 7.62. The summed E-state index contributed by atoms with van der Waals surface area (Å²) < 4.78 is 5.84. The van der Waals surface area contributed by atoms with Gasteiger partial charge in [-0.1, -0.05) is 41.9 Å². The predicted molar refractivity (Wildman–Crippen MR) is 96.2 cm³/mol. The van der Waals surface area contributed by atoms with Gasteiger partial charge in [-0.05, 0) is 48.4 Å². The highest BCUT2D eigenvalue weighted by Gasteiger charge is 2.12. The fraction of sp³-hybridized carbons (Fsp3) is 0.150. The fourth-order valence-electron chi connectivity index (χ4n) is 2.45. The van der Waals surface area contributed by atoms with Crippen molar-refractivity contribution >= 4 is 17.3 Å². The molecule has 0 amide bonds. The maximum atomic E-state index is 5.94. The van der Waals surface area contributed by atoms with E-state index in [1.54, 1.807) is 0 Å². The summed E-state index contributed by atoms with van der Waals surface area (Å²) >= 11 is 5.94. The monoisotopic (exact) mass is 324 g/mol. The number of benzene rings is 2. The van der Waals surface area contributed by atoms with Crippen LogP contribution in [0.4, 0.5) is 5.69 Å². The summed E-state index contributed by atoms with van der Waals surface area (Å²) in [5.74, 6) is 0.919. The molecule has 0 aliphatic heterocycles. The second-order valence-electron chi connectivity index (χ2n) is 5.44. The van der Waals surface area contributed by atoms with Crippen molar-refractivity contribution in [1.29, 1.82) is 0 Å². The number of rotatable bonds is 5. The number of anilines is 1. The molecule has 3 rings (SSSR count). The molecule has 0 heterocycles. The van der Waals surface area contributed by atoms with Crippen LogP contribution in [0.1, 0.15) is 12.0 Å². The summed E-state index contributed by atoms with van der Waals surface area (Å²) in [7, 11) is 2.06. The molecule has 0 aromatic heterocycles. The highest BCUT2D eigenvalue weighted by atomic mass is 35.5. The van der Waals surface area contributed by atoms with Gasteiger partial charge in [-0.15, -0.1) is 0 Å². The Labute approximate surface area is 142 Å². The number of hydrogen-bond donors (Lipinski definition) is 0. The lowest BCUT2D eigenvalue weighted by Crippen LogP contribution is -2.18. The molecule has 23 heavy (non-hydrogen) atoms. The minimum Gasteiger partial charge on any atom is -0.493 e. The molecular formula is C20H19ClNO. The molecule has 0 saturated heterocycles. The molecule has 0 unspecified atom stereocenters. The number of hydrogen-bond acceptors (Lipinski definition) is 2. The van der Waals surface area contributed by atoms with E-state index in [9.17, 15) is 0 Å². The topological polar surface area (TPSA) is 12.5 Å². The highest BCUT2D eigenvalue weighted by Crippen LogP contribution is 2.26. The van der Waals surface area contributed by atoms with Crippen molar-refractivity contribution in [2.75, 3.05) is 11.9 Å². The summed E-state index contributed by atoms with van der Waals surface area (Å²) in [5.41, 5.74) is 3.52. The minimum atomic E-state index is 0.597. The predicted octanol–water partition coefficient (Wildman–Crippen LogP) is 5.37. The van der Waals surface area contributed by atoms with Crippen molar-refractivity contribution in [2.45, 2.75) is 13.0 Å². The Balaban J connectivity index is 1.62. The lowest BCUT2D eigenvalue weighted by molar-refractivity contribution is 0.203. The third-order valence-electron chi connectivity index (χ3n) is 3.85. The van der Waals surface area contributed by atoms with E-state index in [0.29, 0.717) is 6.61 Å². The van der Waals surface area contributed by atoms with E-state index < -0.39 is 0 Å². The Morgan fingerprint density at radius 3 is 2.39 bits per heavy atom. The van der Waals surface area contributed by atoms with Gasteiger partial charge >= 0.3 is 0 Å². The Bertz CT molecular complexity index is 704. The zero-order valence-electron chi connectivity index (χ0n) is 13.1. The molecule has 1 radical (unpaired) electrons. The fourth-order valence-corrected chi connectivity index (χ4v) is 2.57. The molecule has 0 bridgehead atoms. The van der Waals surface area contributed by atoms with Crippen LogP contribution < -0.4 is 4.90 Å². The average molecular weight is 325 g/mol. The molecule has 2 nitrogen and oxygen atoms in total. The third kappa shape index (κ3) is 4.17. The van der Waals surface area contributed by atoms with Crippen LogP contribution in [-0.4, -0.2) is 7.05 Å². The van der Waals surface area contributed by atoms with E-state index in [0.717, 1.165) is 22.9 Å². The molecular weight excluding hydrogens is 306 g/mol. The van der Waals surface area contributed by atoms with Gasteiger partial charge in [-0.3, -0.25) is 0 Å². The van der Waals surface area contributed by atoms with Crippen LogP contribution in [0.2, 0.25) is 5.02 Å². The van der Waals surface area contributed by atoms with Crippen LogP contribution >= 0.6 is 11.6 Å². The maximum Gasteiger partial charge on any atom is 0.113 e. The molecule has 2 aromatic rings. The van der Waals surface area contributed by atoms with Gasteiger partial charge in [-0.25, -0.2) is 0 Å². The molecule has 117 valence electrons. The zero-order valence-corrected chi connectivity index (χ0v) is 13.8. The van der Waals surface area contributed by atoms with Gasteiger partial charge in [0.05, 0.1) is 0 Å². The third-order valence-corrected chi connectivity index (χ3v) is 4.10. The average Bonchev–Trinajstić information content (AvgIpc) is 2.61. The van der Waals surface area contributed by atoms with E-state index in [1.807, 2.05) is 48.5 Å². The molecule has 1 aliphatic carbocycles. The van der Waals surface area contributed by atoms with Crippen molar-refractivity contribution in [1.82, 2.24) is 0 Å². The molecule has 0 saturated carbocycles. The van der Waals surface area contributed by atoms with Crippen molar-refractivity contribution < 1.29 is 4.74 Å². The SMILES string of the molecule is CN(C1=CC=C(OCc2ccccc2)[CH]C1)c1ccc(Cl)cc1. The summed E-state index contributed by atoms with van der Waals surface area (Å²) in [6.45, 7) is 0.597. The Morgan fingerprint density at radius 2 is 1.74 bits per heavy atom. The molecule has 0 atom stereocenters. The normalized spacial score (nSPS) is 14.0. The summed E-state index contributed by atoms with van der Waals surface area (Å²) in [6, 6.07) is 18.1. The van der Waals surface area contributed by atoms with Gasteiger partial charge in [-0.2, -0.15) is 0 Å². The largest absolute Gasteiger partial charge is 0.493 e. The molecule has 0 spiro atoms. The van der Waals surface area contributed by atoms with Crippen molar-refractivity contribution in [2.24, 2.45) is 0 Å². The number of halogens is 1. The van der Waals surface area contributed by atoms with Crippen LogP contribution in [0, 0.1) is 6.42 Å². The number of allylic oxidation sites excluding steroid dienone is 4. The first-order chi connectivity index (χ1) is 11.2.